The van der Waals surface area contributed by atoms with Crippen molar-refractivity contribution >= 4 is 16.5 Å². The first-order chi connectivity index (χ1) is 8.28. The van der Waals surface area contributed by atoms with E-state index in [9.17, 15) is 0 Å². The molecule has 0 spiro atoms. The molecule has 0 amide bonds. The molecule has 0 saturated carbocycles. The molecule has 96 valence electrons. The number of anilines is 1. The molecule has 0 radical (unpaired) electrons. The second-order valence-corrected chi connectivity index (χ2v) is 5.76. The molecule has 1 unspecified atom stereocenters. The van der Waals surface area contributed by atoms with Gasteiger partial charge in [-0.3, -0.25) is 0 Å². The van der Waals surface area contributed by atoms with E-state index >= 15 is 0 Å². The topological polar surface area (TPSA) is 28.2 Å². The maximum absolute atomic E-state index is 4.55. The minimum Gasteiger partial charge on any atom is -0.358 e. The Labute approximate surface area is 108 Å². The van der Waals surface area contributed by atoms with Crippen molar-refractivity contribution in [3.8, 4) is 0 Å². The number of rotatable bonds is 5. The van der Waals surface area contributed by atoms with Crippen LogP contribution in [0.2, 0.25) is 0 Å². The van der Waals surface area contributed by atoms with Crippen molar-refractivity contribution in [3.05, 3.63) is 11.1 Å². The third kappa shape index (κ3) is 3.96. The smallest absolute Gasteiger partial charge is 0.183 e. The molecule has 1 saturated heterocycles. The third-order valence-electron chi connectivity index (χ3n) is 3.26. The van der Waals surface area contributed by atoms with E-state index in [4.69, 9.17) is 0 Å². The highest BCUT2D eigenvalue weighted by molar-refractivity contribution is 7.13. The molecule has 0 bridgehead atoms. The maximum atomic E-state index is 4.55. The van der Waals surface area contributed by atoms with Gasteiger partial charge in [0.2, 0.25) is 0 Å². The molecule has 1 aliphatic rings. The van der Waals surface area contributed by atoms with Gasteiger partial charge < -0.3 is 10.2 Å². The first-order valence-corrected chi connectivity index (χ1v) is 7.59. The molecule has 17 heavy (non-hydrogen) atoms. The zero-order valence-electron chi connectivity index (χ0n) is 10.9. The van der Waals surface area contributed by atoms with Gasteiger partial charge in [-0.15, -0.1) is 11.3 Å². The standard InChI is InChI=1S/C13H23N3S/c1-3-12-10-17-13(15-12)14-11(2)9-16-7-5-4-6-8-16/h10-11H,3-9H2,1-2H3,(H,14,15). The van der Waals surface area contributed by atoms with Crippen molar-refractivity contribution in [2.24, 2.45) is 0 Å². The van der Waals surface area contributed by atoms with Crippen LogP contribution in [0, 0.1) is 0 Å². The van der Waals surface area contributed by atoms with Crippen LogP contribution in [0.1, 0.15) is 38.8 Å². The molecule has 3 nitrogen and oxygen atoms in total. The van der Waals surface area contributed by atoms with Gasteiger partial charge in [0, 0.05) is 18.0 Å². The van der Waals surface area contributed by atoms with Crippen LogP contribution in [0.3, 0.4) is 0 Å². The lowest BCUT2D eigenvalue weighted by Gasteiger charge is -2.29. The summed E-state index contributed by atoms with van der Waals surface area (Å²) in [5.74, 6) is 0. The van der Waals surface area contributed by atoms with E-state index in [-0.39, 0.29) is 0 Å². The minimum atomic E-state index is 0.490. The maximum Gasteiger partial charge on any atom is 0.183 e. The number of nitrogens with one attached hydrogen (secondary N) is 1. The van der Waals surface area contributed by atoms with Crippen LogP contribution in [-0.4, -0.2) is 35.6 Å². The van der Waals surface area contributed by atoms with Gasteiger partial charge in [-0.1, -0.05) is 13.3 Å². The van der Waals surface area contributed by atoms with E-state index in [0.717, 1.165) is 18.1 Å². The van der Waals surface area contributed by atoms with Crippen molar-refractivity contribution in [1.82, 2.24) is 9.88 Å². The normalized spacial score (nSPS) is 19.2. The second-order valence-electron chi connectivity index (χ2n) is 4.90. The highest BCUT2D eigenvalue weighted by Crippen LogP contribution is 2.17. The van der Waals surface area contributed by atoms with Gasteiger partial charge >= 0.3 is 0 Å². The lowest BCUT2D eigenvalue weighted by molar-refractivity contribution is 0.223. The molecule has 1 fully saturated rings. The number of thiazole rings is 1. The molecular formula is C13H23N3S. The highest BCUT2D eigenvalue weighted by Gasteiger charge is 2.13. The van der Waals surface area contributed by atoms with Crippen molar-refractivity contribution < 1.29 is 0 Å². The zero-order chi connectivity index (χ0) is 12.1. The fourth-order valence-electron chi connectivity index (χ4n) is 2.32. The lowest BCUT2D eigenvalue weighted by Crippen LogP contribution is -2.38. The Balaban J connectivity index is 1.77. The van der Waals surface area contributed by atoms with Gasteiger partial charge in [0.1, 0.15) is 0 Å². The number of hydrogen-bond donors (Lipinski definition) is 1. The molecule has 2 rings (SSSR count). The SMILES string of the molecule is CCc1csc(NC(C)CN2CCCCC2)n1. The Bertz CT molecular complexity index is 331. The average molecular weight is 253 g/mol. The molecule has 2 heterocycles. The van der Waals surface area contributed by atoms with Crippen LogP contribution in [0.25, 0.3) is 0 Å². The molecule has 1 aliphatic heterocycles. The Morgan fingerprint density at radius 1 is 1.41 bits per heavy atom. The minimum absolute atomic E-state index is 0.490. The van der Waals surface area contributed by atoms with Crippen LogP contribution in [0.15, 0.2) is 5.38 Å². The Morgan fingerprint density at radius 3 is 2.82 bits per heavy atom. The van der Waals surface area contributed by atoms with Crippen LogP contribution in [0.5, 0.6) is 0 Å². The van der Waals surface area contributed by atoms with Crippen molar-refractivity contribution in [1.29, 1.82) is 0 Å². The van der Waals surface area contributed by atoms with Crippen molar-refractivity contribution in [2.45, 2.75) is 45.6 Å². The Kier molecular flexibility index (Phi) is 4.80. The molecule has 1 aromatic heterocycles. The first kappa shape index (κ1) is 12.8. The van der Waals surface area contributed by atoms with E-state index in [1.165, 1.54) is 38.0 Å². The van der Waals surface area contributed by atoms with E-state index in [2.05, 4.69) is 34.4 Å². The summed E-state index contributed by atoms with van der Waals surface area (Å²) >= 11 is 1.72. The molecule has 1 aromatic rings. The highest BCUT2D eigenvalue weighted by atomic mass is 32.1. The predicted molar refractivity (Wildman–Crippen MR) is 74.9 cm³/mol. The van der Waals surface area contributed by atoms with E-state index in [0.29, 0.717) is 6.04 Å². The predicted octanol–water partition coefficient (Wildman–Crippen LogP) is 2.99. The van der Waals surface area contributed by atoms with E-state index in [1.54, 1.807) is 11.3 Å². The molecule has 4 heteroatoms. The van der Waals surface area contributed by atoms with Gasteiger partial charge in [-0.05, 0) is 39.3 Å². The van der Waals surface area contributed by atoms with Crippen molar-refractivity contribution in [3.63, 3.8) is 0 Å². The summed E-state index contributed by atoms with van der Waals surface area (Å²) in [6, 6.07) is 0.490. The second kappa shape index (κ2) is 6.36. The van der Waals surface area contributed by atoms with Crippen molar-refractivity contribution in [2.75, 3.05) is 25.0 Å². The molecule has 1 N–H and O–H groups in total. The number of aromatic nitrogens is 1. The summed E-state index contributed by atoms with van der Waals surface area (Å²) in [5, 5.41) is 6.73. The first-order valence-electron chi connectivity index (χ1n) is 6.71. The fourth-order valence-corrected chi connectivity index (χ4v) is 3.23. The van der Waals surface area contributed by atoms with Gasteiger partial charge in [0.25, 0.3) is 0 Å². The van der Waals surface area contributed by atoms with Gasteiger partial charge in [-0.25, -0.2) is 4.98 Å². The Hall–Kier alpha value is -0.610. The van der Waals surface area contributed by atoms with Gasteiger partial charge in [-0.2, -0.15) is 0 Å². The number of hydrogen-bond acceptors (Lipinski definition) is 4. The quantitative estimate of drug-likeness (QED) is 0.874. The Morgan fingerprint density at radius 2 is 2.18 bits per heavy atom. The summed E-state index contributed by atoms with van der Waals surface area (Å²) < 4.78 is 0. The summed E-state index contributed by atoms with van der Waals surface area (Å²) in [4.78, 5) is 7.12. The number of aryl methyl sites for hydroxylation is 1. The molecular weight excluding hydrogens is 230 g/mol. The van der Waals surface area contributed by atoms with E-state index < -0.39 is 0 Å². The lowest BCUT2D eigenvalue weighted by atomic mass is 10.1. The van der Waals surface area contributed by atoms with Crippen LogP contribution < -0.4 is 5.32 Å². The number of piperidine rings is 1. The third-order valence-corrected chi connectivity index (χ3v) is 4.09. The summed E-state index contributed by atoms with van der Waals surface area (Å²) in [5.41, 5.74) is 1.20. The monoisotopic (exact) mass is 253 g/mol. The van der Waals surface area contributed by atoms with E-state index in [1.807, 2.05) is 0 Å². The average Bonchev–Trinajstić information content (AvgIpc) is 2.78. The van der Waals surface area contributed by atoms with Crippen LogP contribution in [-0.2, 0) is 6.42 Å². The molecule has 0 aliphatic carbocycles. The van der Waals surface area contributed by atoms with Gasteiger partial charge in [0.05, 0.1) is 5.69 Å². The molecule has 0 aromatic carbocycles. The summed E-state index contributed by atoms with van der Waals surface area (Å²) in [6.45, 7) is 8.08. The largest absolute Gasteiger partial charge is 0.358 e. The van der Waals surface area contributed by atoms with Crippen LogP contribution >= 0.6 is 11.3 Å². The fraction of sp³-hybridized carbons (Fsp3) is 0.769. The zero-order valence-corrected chi connectivity index (χ0v) is 11.7. The van der Waals surface area contributed by atoms with Gasteiger partial charge in [0.15, 0.2) is 5.13 Å². The van der Waals surface area contributed by atoms with Crippen LogP contribution in [0.4, 0.5) is 5.13 Å². The number of nitrogens with zero attached hydrogens (tertiary/aromatic N) is 2. The molecule has 1 atom stereocenters. The summed E-state index contributed by atoms with van der Waals surface area (Å²) in [7, 11) is 0. The number of likely N-dealkylation sites (tertiary alicyclic amines) is 1. The summed E-state index contributed by atoms with van der Waals surface area (Å²) in [6.07, 6.45) is 5.16.